The van der Waals surface area contributed by atoms with Crippen molar-refractivity contribution in [2.75, 3.05) is 6.61 Å². The average molecular weight is 344 g/mol. The van der Waals surface area contributed by atoms with Gasteiger partial charge in [-0.15, -0.1) is 13.2 Å². The van der Waals surface area contributed by atoms with Gasteiger partial charge in [-0.1, -0.05) is 52.5 Å². The zero-order valence-electron chi connectivity index (χ0n) is 16.8. The Kier molecular flexibility index (Phi) is 26.0. The van der Waals surface area contributed by atoms with Crippen molar-refractivity contribution in [1.29, 1.82) is 0 Å². The van der Waals surface area contributed by atoms with Crippen molar-refractivity contribution in [2.45, 2.75) is 55.4 Å². The first-order valence-corrected chi connectivity index (χ1v) is 8.06. The molecule has 0 rings (SSSR count). The van der Waals surface area contributed by atoms with Crippen LogP contribution >= 0.6 is 0 Å². The van der Waals surface area contributed by atoms with Crippen LogP contribution in [0.3, 0.4) is 0 Å². The summed E-state index contributed by atoms with van der Waals surface area (Å²) in [7, 11) is 0. The van der Waals surface area contributed by atoms with E-state index in [1.807, 2.05) is 41.5 Å². The topological polar surface area (TPSA) is 38.3 Å². The van der Waals surface area contributed by atoms with Crippen LogP contribution in [0.5, 0.6) is 0 Å². The van der Waals surface area contributed by atoms with Crippen LogP contribution in [-0.4, -0.2) is 12.7 Å². The third-order valence-corrected chi connectivity index (χ3v) is 2.21. The summed E-state index contributed by atoms with van der Waals surface area (Å²) >= 11 is 0. The summed E-state index contributed by atoms with van der Waals surface area (Å²) in [5, 5.41) is 2.57. The molecular weight excluding hydrogens is 305 g/mol. The highest BCUT2D eigenvalue weighted by Crippen LogP contribution is 2.11. The molecule has 0 fully saturated rings. The third kappa shape index (κ3) is 16.3. The maximum atomic E-state index is 12.8. The number of alkyl carbamates (subject to hydrolysis) is 1. The van der Waals surface area contributed by atoms with Crippen LogP contribution in [-0.2, 0) is 4.74 Å². The predicted octanol–water partition coefficient (Wildman–Crippen LogP) is 7.11. The molecule has 0 saturated heterocycles. The van der Waals surface area contributed by atoms with Gasteiger partial charge in [0.05, 0.1) is 0 Å². The maximum Gasteiger partial charge on any atom is 0.411 e. The lowest BCUT2D eigenvalue weighted by Crippen LogP contribution is -2.25. The first kappa shape index (κ1) is 29.9. The molecule has 0 aliphatic rings. The molecule has 1 amide bonds. The van der Waals surface area contributed by atoms with Gasteiger partial charge >= 0.3 is 6.09 Å². The molecule has 0 saturated carbocycles. The van der Waals surface area contributed by atoms with E-state index < -0.39 is 11.9 Å². The first-order valence-electron chi connectivity index (χ1n) is 8.06. The van der Waals surface area contributed by atoms with Crippen molar-refractivity contribution in [2.24, 2.45) is 0 Å². The molecule has 24 heavy (non-hydrogen) atoms. The lowest BCUT2D eigenvalue weighted by atomic mass is 10.1. The molecule has 0 heterocycles. The minimum Gasteiger partial charge on any atom is -0.444 e. The van der Waals surface area contributed by atoms with Crippen molar-refractivity contribution < 1.29 is 15.3 Å². The molecule has 0 spiro atoms. The number of allylic oxidation sites excluding steroid dienone is 3. The van der Waals surface area contributed by atoms with E-state index >= 15 is 0 Å². The van der Waals surface area contributed by atoms with Gasteiger partial charge in [0.25, 0.3) is 0 Å². The standard InChI is InChI=1S/C14H20FNO2.2C2H6.C2H4.H2/c1-7-12(11(6)15)8-18-14(17)16-13(9(2)3)10(4)5;3*1-2;/h7H,2,6,8H2,1,3-5H3,(H,16,17);2*1-2H3;1-2H2;1H/b12-7-;;;;. The van der Waals surface area contributed by atoms with E-state index in [2.05, 4.69) is 31.6 Å². The summed E-state index contributed by atoms with van der Waals surface area (Å²) in [6.07, 6.45) is 0.866. The van der Waals surface area contributed by atoms with Gasteiger partial charge in [0.2, 0.25) is 0 Å². The van der Waals surface area contributed by atoms with Crippen LogP contribution in [0.2, 0.25) is 0 Å². The Morgan fingerprint density at radius 2 is 1.54 bits per heavy atom. The van der Waals surface area contributed by atoms with Gasteiger partial charge in [-0.25, -0.2) is 9.18 Å². The molecule has 0 aromatic rings. The van der Waals surface area contributed by atoms with Crippen molar-refractivity contribution in [3.8, 4) is 0 Å². The quantitative estimate of drug-likeness (QED) is 0.426. The van der Waals surface area contributed by atoms with E-state index in [0.717, 1.165) is 11.1 Å². The fourth-order valence-electron chi connectivity index (χ4n) is 1.26. The van der Waals surface area contributed by atoms with Crippen LogP contribution in [0, 0.1) is 0 Å². The summed E-state index contributed by atoms with van der Waals surface area (Å²) in [6, 6.07) is 0. The van der Waals surface area contributed by atoms with Gasteiger partial charge in [-0.05, 0) is 33.3 Å². The van der Waals surface area contributed by atoms with Crippen molar-refractivity contribution in [1.82, 2.24) is 5.32 Å². The second kappa shape index (κ2) is 20.9. The number of halogens is 1. The molecule has 0 aliphatic carbocycles. The van der Waals surface area contributed by atoms with Gasteiger partial charge in [0, 0.05) is 12.7 Å². The summed E-state index contributed by atoms with van der Waals surface area (Å²) in [5.74, 6) is -0.604. The average Bonchev–Trinajstić information content (AvgIpc) is 2.57. The first-order chi connectivity index (χ1) is 11.3. The van der Waals surface area contributed by atoms with Crippen molar-refractivity contribution >= 4 is 6.09 Å². The van der Waals surface area contributed by atoms with Gasteiger partial charge in [-0.3, -0.25) is 5.32 Å². The number of amides is 1. The zero-order chi connectivity index (χ0) is 20.3. The lowest BCUT2D eigenvalue weighted by molar-refractivity contribution is 0.158. The Morgan fingerprint density at radius 3 is 1.79 bits per heavy atom. The Hall–Kier alpha value is -2.10. The molecule has 0 aromatic heterocycles. The number of carbonyl (C=O) groups is 1. The lowest BCUT2D eigenvalue weighted by Gasteiger charge is -2.12. The second-order valence-corrected chi connectivity index (χ2v) is 4.08. The number of hydrogen-bond donors (Lipinski definition) is 1. The molecule has 0 aliphatic heterocycles. The monoisotopic (exact) mass is 343 g/mol. The smallest absolute Gasteiger partial charge is 0.411 e. The molecule has 0 radical (unpaired) electrons. The van der Waals surface area contributed by atoms with E-state index in [4.69, 9.17) is 4.74 Å². The van der Waals surface area contributed by atoms with Gasteiger partial charge in [0.15, 0.2) is 0 Å². The zero-order valence-corrected chi connectivity index (χ0v) is 16.8. The van der Waals surface area contributed by atoms with Crippen molar-refractivity contribution in [3.63, 3.8) is 0 Å². The van der Waals surface area contributed by atoms with Crippen LogP contribution in [0.25, 0.3) is 0 Å². The van der Waals surface area contributed by atoms with Gasteiger partial charge < -0.3 is 4.74 Å². The molecule has 0 bridgehead atoms. The summed E-state index contributed by atoms with van der Waals surface area (Å²) in [4.78, 5) is 11.5. The summed E-state index contributed by atoms with van der Waals surface area (Å²) in [5.41, 5.74) is 2.52. The van der Waals surface area contributed by atoms with Crippen LogP contribution in [0.1, 0.15) is 56.8 Å². The third-order valence-electron chi connectivity index (χ3n) is 2.21. The molecule has 0 unspecified atom stereocenters. The molecule has 142 valence electrons. The predicted molar refractivity (Wildman–Crippen MR) is 108 cm³/mol. The van der Waals surface area contributed by atoms with E-state index in [1.54, 1.807) is 13.8 Å². The van der Waals surface area contributed by atoms with Crippen LogP contribution < -0.4 is 5.32 Å². The number of ether oxygens (including phenoxy) is 1. The summed E-state index contributed by atoms with van der Waals surface area (Å²) in [6.45, 7) is 27.9. The fraction of sp³-hybridized carbons (Fsp3) is 0.450. The highest BCUT2D eigenvalue weighted by molar-refractivity contribution is 5.71. The largest absolute Gasteiger partial charge is 0.444 e. The molecular formula is C20H38FNO2. The van der Waals surface area contributed by atoms with Crippen molar-refractivity contribution in [3.05, 3.63) is 60.6 Å². The Morgan fingerprint density at radius 1 is 1.12 bits per heavy atom. The number of carbonyl (C=O) groups excluding carboxylic acids is 1. The Bertz CT molecular complexity index is 437. The highest BCUT2D eigenvalue weighted by atomic mass is 19.1. The van der Waals surface area contributed by atoms with E-state index in [1.165, 1.54) is 6.08 Å². The Balaban J connectivity index is -0.000000171. The number of rotatable bonds is 5. The molecule has 3 nitrogen and oxygen atoms in total. The minimum atomic E-state index is -0.644. The number of nitrogens with one attached hydrogen (secondary N) is 1. The minimum absolute atomic E-state index is 0. The molecule has 1 N–H and O–H groups in total. The van der Waals surface area contributed by atoms with Crippen LogP contribution in [0.15, 0.2) is 60.6 Å². The summed E-state index contributed by atoms with van der Waals surface area (Å²) < 4.78 is 17.7. The van der Waals surface area contributed by atoms with Gasteiger partial charge in [0.1, 0.15) is 12.4 Å². The fourth-order valence-corrected chi connectivity index (χ4v) is 1.26. The van der Waals surface area contributed by atoms with E-state index in [0.29, 0.717) is 5.70 Å². The normalized spacial score (nSPS) is 8.62. The second-order valence-electron chi connectivity index (χ2n) is 4.08. The molecule has 0 aromatic carbocycles. The maximum absolute atomic E-state index is 12.8. The number of hydrogen-bond acceptors (Lipinski definition) is 2. The Labute approximate surface area is 150 Å². The van der Waals surface area contributed by atoms with E-state index in [-0.39, 0.29) is 13.6 Å². The van der Waals surface area contributed by atoms with Gasteiger partial charge in [-0.2, -0.15) is 0 Å². The van der Waals surface area contributed by atoms with Crippen LogP contribution in [0.4, 0.5) is 9.18 Å². The highest BCUT2D eigenvalue weighted by Gasteiger charge is 2.09. The molecule has 4 heteroatoms. The SMILES string of the molecule is C=C.C=C(C)C(NC(=O)OC/C(=C/C)C(=C)F)=C(C)C.CC.CC.[HH]. The molecule has 0 atom stereocenters. The van der Waals surface area contributed by atoms with E-state index in [9.17, 15) is 9.18 Å².